The fourth-order valence-electron chi connectivity index (χ4n) is 2.25. The second-order valence-electron chi connectivity index (χ2n) is 5.08. The van der Waals surface area contributed by atoms with Gasteiger partial charge in [-0.15, -0.1) is 0 Å². The third kappa shape index (κ3) is 3.42. The van der Waals surface area contributed by atoms with Crippen LogP contribution in [0.4, 0.5) is 5.82 Å². The van der Waals surface area contributed by atoms with E-state index in [4.69, 9.17) is 4.52 Å². The molecule has 8 heteroatoms. The monoisotopic (exact) mass is 312 g/mol. The van der Waals surface area contributed by atoms with Crippen LogP contribution in [0.15, 0.2) is 35.6 Å². The predicted molar refractivity (Wildman–Crippen MR) is 82.1 cm³/mol. The van der Waals surface area contributed by atoms with Crippen molar-refractivity contribution in [3.63, 3.8) is 0 Å². The normalized spacial score (nSPS) is 10.7. The summed E-state index contributed by atoms with van der Waals surface area (Å²) < 4.78 is 6.83. The first-order valence-electron chi connectivity index (χ1n) is 7.15. The molecular formula is C15H16N6O2. The highest BCUT2D eigenvalue weighted by Gasteiger charge is 2.12. The van der Waals surface area contributed by atoms with Gasteiger partial charge in [-0.25, -0.2) is 15.0 Å². The number of amides is 1. The van der Waals surface area contributed by atoms with Gasteiger partial charge in [-0.1, -0.05) is 5.16 Å². The third-order valence-corrected chi connectivity index (χ3v) is 3.47. The number of anilines is 1. The maximum Gasteiger partial charge on any atom is 0.225 e. The number of hydrogen-bond acceptors (Lipinski definition) is 6. The zero-order valence-electron chi connectivity index (χ0n) is 12.9. The summed E-state index contributed by atoms with van der Waals surface area (Å²) in [4.78, 5) is 24.3. The lowest BCUT2D eigenvalue weighted by molar-refractivity contribution is -0.116. The summed E-state index contributed by atoms with van der Waals surface area (Å²) in [5.74, 6) is 1.71. The van der Waals surface area contributed by atoms with Crippen LogP contribution in [0.25, 0.3) is 5.82 Å². The third-order valence-electron chi connectivity index (χ3n) is 3.47. The van der Waals surface area contributed by atoms with Gasteiger partial charge in [0.25, 0.3) is 0 Å². The van der Waals surface area contributed by atoms with Crippen molar-refractivity contribution < 1.29 is 9.32 Å². The number of aromatic nitrogens is 5. The molecule has 0 bridgehead atoms. The Hall–Kier alpha value is -3.03. The van der Waals surface area contributed by atoms with Gasteiger partial charge in [0.05, 0.1) is 5.69 Å². The van der Waals surface area contributed by atoms with E-state index in [9.17, 15) is 4.79 Å². The maximum atomic E-state index is 12.1. The molecule has 0 aliphatic rings. The summed E-state index contributed by atoms with van der Waals surface area (Å²) in [6.45, 7) is 3.71. The van der Waals surface area contributed by atoms with E-state index < -0.39 is 0 Å². The largest absolute Gasteiger partial charge is 0.361 e. The second kappa shape index (κ2) is 6.39. The van der Waals surface area contributed by atoms with Crippen LogP contribution in [0, 0.1) is 13.8 Å². The molecule has 0 unspecified atom stereocenters. The molecule has 0 aliphatic carbocycles. The molecule has 1 amide bonds. The molecule has 0 aliphatic heterocycles. The van der Waals surface area contributed by atoms with Crippen LogP contribution < -0.4 is 5.32 Å². The van der Waals surface area contributed by atoms with Crippen LogP contribution in [0.5, 0.6) is 0 Å². The Kier molecular flexibility index (Phi) is 4.13. The molecule has 0 saturated carbocycles. The van der Waals surface area contributed by atoms with Crippen LogP contribution in [-0.4, -0.2) is 30.6 Å². The SMILES string of the molecule is Cc1noc(C)c1CCC(=O)Nc1cc(-n2ccnc2)ncn1. The number of nitrogens with zero attached hydrogens (tertiary/aromatic N) is 5. The molecule has 3 rings (SSSR count). The standard InChI is InChI=1S/C15H16N6O2/c1-10-12(11(2)23-20-10)3-4-15(22)19-13-7-14(18-8-17-13)21-6-5-16-9-21/h5-9H,3-4H2,1-2H3,(H,17,18,19,22). The number of hydrogen-bond donors (Lipinski definition) is 1. The van der Waals surface area contributed by atoms with Crippen molar-refractivity contribution in [3.8, 4) is 5.82 Å². The van der Waals surface area contributed by atoms with Gasteiger partial charge in [0.1, 0.15) is 30.1 Å². The van der Waals surface area contributed by atoms with Gasteiger partial charge in [0, 0.05) is 30.4 Å². The molecule has 0 spiro atoms. The van der Waals surface area contributed by atoms with E-state index in [-0.39, 0.29) is 5.91 Å². The molecule has 3 aromatic heterocycles. The molecule has 3 aromatic rings. The summed E-state index contributed by atoms with van der Waals surface area (Å²) in [5.41, 5.74) is 1.79. The van der Waals surface area contributed by atoms with E-state index >= 15 is 0 Å². The highest BCUT2D eigenvalue weighted by atomic mass is 16.5. The van der Waals surface area contributed by atoms with Gasteiger partial charge in [-0.3, -0.25) is 9.36 Å². The molecule has 0 fully saturated rings. The smallest absolute Gasteiger partial charge is 0.225 e. The van der Waals surface area contributed by atoms with Gasteiger partial charge < -0.3 is 9.84 Å². The van der Waals surface area contributed by atoms with E-state index in [0.29, 0.717) is 24.5 Å². The van der Waals surface area contributed by atoms with Crippen molar-refractivity contribution in [2.45, 2.75) is 26.7 Å². The summed E-state index contributed by atoms with van der Waals surface area (Å²) in [7, 11) is 0. The first-order valence-corrected chi connectivity index (χ1v) is 7.15. The van der Waals surface area contributed by atoms with Crippen molar-refractivity contribution in [3.05, 3.63) is 48.1 Å². The van der Waals surface area contributed by atoms with Crippen molar-refractivity contribution in [2.75, 3.05) is 5.32 Å². The lowest BCUT2D eigenvalue weighted by atomic mass is 10.1. The molecule has 3 heterocycles. The predicted octanol–water partition coefficient (Wildman–Crippen LogP) is 1.84. The highest BCUT2D eigenvalue weighted by molar-refractivity contribution is 5.90. The molecule has 0 radical (unpaired) electrons. The van der Waals surface area contributed by atoms with Gasteiger partial charge in [-0.05, 0) is 20.3 Å². The van der Waals surface area contributed by atoms with Crippen LogP contribution >= 0.6 is 0 Å². The van der Waals surface area contributed by atoms with E-state index in [1.54, 1.807) is 29.4 Å². The molecule has 0 aromatic carbocycles. The van der Waals surface area contributed by atoms with E-state index in [1.165, 1.54) is 6.33 Å². The fraction of sp³-hybridized carbons (Fsp3) is 0.267. The van der Waals surface area contributed by atoms with Gasteiger partial charge in [-0.2, -0.15) is 0 Å². The molecular weight excluding hydrogens is 296 g/mol. The van der Waals surface area contributed by atoms with Gasteiger partial charge in [0.2, 0.25) is 5.91 Å². The van der Waals surface area contributed by atoms with Gasteiger partial charge >= 0.3 is 0 Å². The zero-order chi connectivity index (χ0) is 16.2. The van der Waals surface area contributed by atoms with Crippen LogP contribution in [0.1, 0.15) is 23.4 Å². The number of imidazole rings is 1. The number of rotatable bonds is 5. The number of carbonyl (C=O) groups excluding carboxylic acids is 1. The fourth-order valence-corrected chi connectivity index (χ4v) is 2.25. The van der Waals surface area contributed by atoms with E-state index in [2.05, 4.69) is 25.4 Å². The van der Waals surface area contributed by atoms with Crippen molar-refractivity contribution in [1.82, 2.24) is 24.7 Å². The minimum Gasteiger partial charge on any atom is -0.361 e. The topological polar surface area (TPSA) is 98.7 Å². The number of carbonyl (C=O) groups is 1. The molecule has 1 N–H and O–H groups in total. The first-order chi connectivity index (χ1) is 11.1. The Morgan fingerprint density at radius 2 is 2.22 bits per heavy atom. The summed E-state index contributed by atoms with van der Waals surface area (Å²) in [5, 5.41) is 6.65. The zero-order valence-corrected chi connectivity index (χ0v) is 12.9. The molecule has 8 nitrogen and oxygen atoms in total. The average molecular weight is 312 g/mol. The molecule has 23 heavy (non-hydrogen) atoms. The summed E-state index contributed by atoms with van der Waals surface area (Å²) >= 11 is 0. The van der Waals surface area contributed by atoms with Gasteiger partial charge in [0.15, 0.2) is 0 Å². The van der Waals surface area contributed by atoms with Crippen LogP contribution in [-0.2, 0) is 11.2 Å². The lowest BCUT2D eigenvalue weighted by Crippen LogP contribution is -2.14. The highest BCUT2D eigenvalue weighted by Crippen LogP contribution is 2.15. The maximum absolute atomic E-state index is 12.1. The Balaban J connectivity index is 1.63. The summed E-state index contributed by atoms with van der Waals surface area (Å²) in [6, 6.07) is 1.69. The van der Waals surface area contributed by atoms with E-state index in [1.807, 2.05) is 13.8 Å². The Labute approximate surface area is 132 Å². The Morgan fingerprint density at radius 3 is 2.91 bits per heavy atom. The molecule has 0 saturated heterocycles. The van der Waals surface area contributed by atoms with Crippen LogP contribution in [0.2, 0.25) is 0 Å². The molecule has 0 atom stereocenters. The Bertz CT molecular complexity index is 790. The average Bonchev–Trinajstić information content (AvgIpc) is 3.17. The quantitative estimate of drug-likeness (QED) is 0.771. The minimum absolute atomic E-state index is 0.125. The minimum atomic E-state index is -0.125. The second-order valence-corrected chi connectivity index (χ2v) is 5.08. The van der Waals surface area contributed by atoms with Crippen molar-refractivity contribution >= 4 is 11.7 Å². The number of nitrogens with one attached hydrogen (secondary N) is 1. The number of aryl methyl sites for hydroxylation is 2. The van der Waals surface area contributed by atoms with Crippen LogP contribution in [0.3, 0.4) is 0 Å². The van der Waals surface area contributed by atoms with Crippen molar-refractivity contribution in [2.24, 2.45) is 0 Å². The van der Waals surface area contributed by atoms with E-state index in [0.717, 1.165) is 17.0 Å². The molecule has 118 valence electrons. The lowest BCUT2D eigenvalue weighted by Gasteiger charge is -2.06. The first kappa shape index (κ1) is 14.9. The Morgan fingerprint density at radius 1 is 1.35 bits per heavy atom. The van der Waals surface area contributed by atoms with Crippen molar-refractivity contribution in [1.29, 1.82) is 0 Å². The summed E-state index contributed by atoms with van der Waals surface area (Å²) in [6.07, 6.45) is 7.36.